The fraction of sp³-hybridized carbons (Fsp3) is 0.333. The van der Waals surface area contributed by atoms with E-state index in [9.17, 15) is 0 Å². The lowest BCUT2D eigenvalue weighted by molar-refractivity contribution is 0.235. The van der Waals surface area contributed by atoms with Crippen molar-refractivity contribution in [1.82, 2.24) is 29.6 Å². The standard InChI is InChI=1S/C18H21N7/c1-24-17-13-25(12-14-5-2-3-7-19-14)10-6-15(17)16(23-24)11-22-18-20-8-4-9-21-18/h2-5,7-9H,6,10-13H2,1H3,(H,20,21,22). The second kappa shape index (κ2) is 6.98. The molecule has 0 amide bonds. The Labute approximate surface area is 146 Å². The van der Waals surface area contributed by atoms with Crippen LogP contribution in [0.4, 0.5) is 5.95 Å². The summed E-state index contributed by atoms with van der Waals surface area (Å²) in [4.78, 5) is 15.3. The average molecular weight is 335 g/mol. The molecule has 0 saturated heterocycles. The van der Waals surface area contributed by atoms with Crippen LogP contribution in [0.15, 0.2) is 42.9 Å². The first-order chi connectivity index (χ1) is 12.3. The third-order valence-corrected chi connectivity index (χ3v) is 4.50. The molecule has 0 aromatic carbocycles. The van der Waals surface area contributed by atoms with Crippen LogP contribution < -0.4 is 5.32 Å². The molecule has 25 heavy (non-hydrogen) atoms. The number of nitrogens with one attached hydrogen (secondary N) is 1. The molecule has 3 aromatic heterocycles. The van der Waals surface area contributed by atoms with Gasteiger partial charge in [0, 0.05) is 50.8 Å². The number of fused-ring (bicyclic) bond motifs is 1. The van der Waals surface area contributed by atoms with Gasteiger partial charge in [0.15, 0.2) is 0 Å². The molecule has 0 spiro atoms. The van der Waals surface area contributed by atoms with Gasteiger partial charge in [-0.3, -0.25) is 14.6 Å². The summed E-state index contributed by atoms with van der Waals surface area (Å²) in [6.45, 7) is 3.44. The molecule has 1 N–H and O–H groups in total. The number of rotatable bonds is 5. The van der Waals surface area contributed by atoms with E-state index in [1.807, 2.05) is 36.1 Å². The molecule has 4 rings (SSSR count). The van der Waals surface area contributed by atoms with E-state index in [2.05, 4.69) is 31.2 Å². The van der Waals surface area contributed by atoms with Crippen LogP contribution in [0, 0.1) is 0 Å². The van der Waals surface area contributed by atoms with Crippen LogP contribution in [0.5, 0.6) is 0 Å². The normalized spacial score (nSPS) is 14.3. The highest BCUT2D eigenvalue weighted by molar-refractivity contribution is 5.32. The van der Waals surface area contributed by atoms with E-state index in [-0.39, 0.29) is 0 Å². The van der Waals surface area contributed by atoms with Gasteiger partial charge in [0.2, 0.25) is 5.95 Å². The van der Waals surface area contributed by atoms with Crippen molar-refractivity contribution in [2.24, 2.45) is 7.05 Å². The summed E-state index contributed by atoms with van der Waals surface area (Å²) in [5.74, 6) is 0.634. The average Bonchev–Trinajstić information content (AvgIpc) is 2.97. The molecule has 0 aliphatic carbocycles. The Bertz CT molecular complexity index is 829. The van der Waals surface area contributed by atoms with E-state index in [1.54, 1.807) is 12.4 Å². The van der Waals surface area contributed by atoms with Crippen LogP contribution in [0.25, 0.3) is 0 Å². The molecule has 0 atom stereocenters. The molecule has 0 fully saturated rings. The number of aryl methyl sites for hydroxylation is 1. The highest BCUT2D eigenvalue weighted by atomic mass is 15.3. The second-order valence-electron chi connectivity index (χ2n) is 6.20. The Morgan fingerprint density at radius 3 is 2.72 bits per heavy atom. The Morgan fingerprint density at radius 1 is 1.08 bits per heavy atom. The molecular weight excluding hydrogens is 314 g/mol. The topological polar surface area (TPSA) is 71.8 Å². The van der Waals surface area contributed by atoms with Gasteiger partial charge in [0.25, 0.3) is 0 Å². The van der Waals surface area contributed by atoms with E-state index in [0.717, 1.165) is 37.4 Å². The summed E-state index contributed by atoms with van der Waals surface area (Å²) in [5, 5.41) is 7.96. The van der Waals surface area contributed by atoms with Gasteiger partial charge < -0.3 is 5.32 Å². The van der Waals surface area contributed by atoms with Gasteiger partial charge in [0.1, 0.15) is 0 Å². The highest BCUT2D eigenvalue weighted by Crippen LogP contribution is 2.23. The highest BCUT2D eigenvalue weighted by Gasteiger charge is 2.23. The zero-order chi connectivity index (χ0) is 17.1. The van der Waals surface area contributed by atoms with Gasteiger partial charge in [-0.05, 0) is 24.6 Å². The fourth-order valence-corrected chi connectivity index (χ4v) is 3.26. The van der Waals surface area contributed by atoms with Crippen LogP contribution >= 0.6 is 0 Å². The molecule has 0 unspecified atom stereocenters. The molecule has 3 aromatic rings. The SMILES string of the molecule is Cn1nc(CNc2ncccn2)c2c1CN(Cc1ccccn1)CC2. The molecular formula is C18H21N7. The molecule has 4 heterocycles. The number of pyridine rings is 1. The minimum Gasteiger partial charge on any atom is -0.348 e. The summed E-state index contributed by atoms with van der Waals surface area (Å²) < 4.78 is 2.00. The minimum absolute atomic E-state index is 0.634. The summed E-state index contributed by atoms with van der Waals surface area (Å²) >= 11 is 0. The molecule has 0 radical (unpaired) electrons. The Hall–Kier alpha value is -2.80. The lowest BCUT2D eigenvalue weighted by Crippen LogP contribution is -2.31. The third kappa shape index (κ3) is 3.51. The monoisotopic (exact) mass is 335 g/mol. The first kappa shape index (κ1) is 15.7. The van der Waals surface area contributed by atoms with Gasteiger partial charge in [-0.25, -0.2) is 9.97 Å². The Balaban J connectivity index is 1.45. The Kier molecular flexibility index (Phi) is 4.39. The van der Waals surface area contributed by atoms with Crippen molar-refractivity contribution in [3.05, 3.63) is 65.5 Å². The van der Waals surface area contributed by atoms with E-state index in [1.165, 1.54) is 11.3 Å². The van der Waals surface area contributed by atoms with E-state index >= 15 is 0 Å². The predicted octanol–water partition coefficient (Wildman–Crippen LogP) is 1.78. The Morgan fingerprint density at radius 2 is 1.92 bits per heavy atom. The van der Waals surface area contributed by atoms with Crippen molar-refractivity contribution in [2.75, 3.05) is 11.9 Å². The summed E-state index contributed by atoms with van der Waals surface area (Å²) in [5.41, 5.74) is 4.83. The molecule has 7 nitrogen and oxygen atoms in total. The van der Waals surface area contributed by atoms with Crippen LogP contribution in [0.2, 0.25) is 0 Å². The van der Waals surface area contributed by atoms with Crippen molar-refractivity contribution in [3.8, 4) is 0 Å². The van der Waals surface area contributed by atoms with Gasteiger partial charge in [0.05, 0.1) is 23.6 Å². The van der Waals surface area contributed by atoms with Gasteiger partial charge in [-0.1, -0.05) is 6.07 Å². The summed E-state index contributed by atoms with van der Waals surface area (Å²) in [6.07, 6.45) is 6.32. The molecule has 1 aliphatic rings. The zero-order valence-corrected chi connectivity index (χ0v) is 14.3. The van der Waals surface area contributed by atoms with E-state index in [4.69, 9.17) is 5.10 Å². The smallest absolute Gasteiger partial charge is 0.222 e. The molecule has 0 saturated carbocycles. The van der Waals surface area contributed by atoms with Crippen LogP contribution in [0.1, 0.15) is 22.6 Å². The van der Waals surface area contributed by atoms with Crippen molar-refractivity contribution in [3.63, 3.8) is 0 Å². The second-order valence-corrected chi connectivity index (χ2v) is 6.20. The van der Waals surface area contributed by atoms with Gasteiger partial charge in [-0.15, -0.1) is 0 Å². The first-order valence-electron chi connectivity index (χ1n) is 8.46. The predicted molar refractivity (Wildman–Crippen MR) is 94.6 cm³/mol. The number of hydrogen-bond donors (Lipinski definition) is 1. The molecule has 1 aliphatic heterocycles. The zero-order valence-electron chi connectivity index (χ0n) is 14.3. The lowest BCUT2D eigenvalue weighted by atomic mass is 10.0. The van der Waals surface area contributed by atoms with Crippen molar-refractivity contribution < 1.29 is 0 Å². The van der Waals surface area contributed by atoms with Crippen LogP contribution in [0.3, 0.4) is 0 Å². The molecule has 128 valence electrons. The maximum atomic E-state index is 4.71. The lowest BCUT2D eigenvalue weighted by Gasteiger charge is -2.27. The number of anilines is 1. The van der Waals surface area contributed by atoms with Crippen molar-refractivity contribution in [2.45, 2.75) is 26.1 Å². The first-order valence-corrected chi connectivity index (χ1v) is 8.46. The quantitative estimate of drug-likeness (QED) is 0.766. The maximum Gasteiger partial charge on any atom is 0.222 e. The van der Waals surface area contributed by atoms with Crippen molar-refractivity contribution >= 4 is 5.95 Å². The van der Waals surface area contributed by atoms with Gasteiger partial charge >= 0.3 is 0 Å². The molecule has 7 heteroatoms. The van der Waals surface area contributed by atoms with Crippen LogP contribution in [-0.4, -0.2) is 36.2 Å². The van der Waals surface area contributed by atoms with Crippen LogP contribution in [-0.2, 0) is 33.1 Å². The number of nitrogens with zero attached hydrogens (tertiary/aromatic N) is 6. The fourth-order valence-electron chi connectivity index (χ4n) is 3.26. The molecule has 0 bridgehead atoms. The number of aromatic nitrogens is 5. The van der Waals surface area contributed by atoms with Gasteiger partial charge in [-0.2, -0.15) is 5.10 Å². The van der Waals surface area contributed by atoms with E-state index in [0.29, 0.717) is 12.5 Å². The van der Waals surface area contributed by atoms with Crippen molar-refractivity contribution in [1.29, 1.82) is 0 Å². The third-order valence-electron chi connectivity index (χ3n) is 4.50. The largest absolute Gasteiger partial charge is 0.348 e. The minimum atomic E-state index is 0.634. The van der Waals surface area contributed by atoms with E-state index < -0.39 is 0 Å². The summed E-state index contributed by atoms with van der Waals surface area (Å²) in [7, 11) is 2.02. The maximum absolute atomic E-state index is 4.71. The number of hydrogen-bond acceptors (Lipinski definition) is 6. The summed E-state index contributed by atoms with van der Waals surface area (Å²) in [6, 6.07) is 7.88.